The lowest BCUT2D eigenvalue weighted by Crippen LogP contribution is -2.15. The third kappa shape index (κ3) is 4.15. The summed E-state index contributed by atoms with van der Waals surface area (Å²) < 4.78 is 9.94. The van der Waals surface area contributed by atoms with Crippen LogP contribution in [-0.2, 0) is 4.74 Å². The fraction of sp³-hybridized carbons (Fsp3) is 0.0909. The summed E-state index contributed by atoms with van der Waals surface area (Å²) in [5, 5.41) is 2.81. The molecule has 3 rings (SSSR count). The Morgan fingerprint density at radius 2 is 1.52 bits per heavy atom. The Kier molecular flexibility index (Phi) is 5.52. The van der Waals surface area contributed by atoms with Crippen LogP contribution in [0.1, 0.15) is 20.7 Å². The first-order chi connectivity index (χ1) is 13.1. The van der Waals surface area contributed by atoms with Crippen molar-refractivity contribution in [2.75, 3.05) is 19.5 Å². The van der Waals surface area contributed by atoms with Gasteiger partial charge in [-0.1, -0.05) is 36.4 Å². The van der Waals surface area contributed by atoms with Gasteiger partial charge in [0.15, 0.2) is 0 Å². The molecule has 1 amide bonds. The SMILES string of the molecule is COC(=O)c1ccc(-c2ccccc2)cc1NC(=O)c1ccc(OC)cc1. The summed E-state index contributed by atoms with van der Waals surface area (Å²) in [6, 6.07) is 21.7. The highest BCUT2D eigenvalue weighted by Crippen LogP contribution is 2.27. The van der Waals surface area contributed by atoms with E-state index in [0.29, 0.717) is 22.6 Å². The highest BCUT2D eigenvalue weighted by molar-refractivity contribution is 6.08. The number of ether oxygens (including phenoxy) is 2. The van der Waals surface area contributed by atoms with E-state index >= 15 is 0 Å². The van der Waals surface area contributed by atoms with Gasteiger partial charge in [0.25, 0.3) is 5.91 Å². The minimum Gasteiger partial charge on any atom is -0.497 e. The molecular formula is C22H19NO4. The van der Waals surface area contributed by atoms with Crippen molar-refractivity contribution in [3.8, 4) is 16.9 Å². The highest BCUT2D eigenvalue weighted by atomic mass is 16.5. The minimum absolute atomic E-state index is 0.291. The van der Waals surface area contributed by atoms with E-state index in [-0.39, 0.29) is 5.91 Å². The van der Waals surface area contributed by atoms with Gasteiger partial charge in [-0.15, -0.1) is 0 Å². The Morgan fingerprint density at radius 3 is 2.15 bits per heavy atom. The molecular weight excluding hydrogens is 342 g/mol. The van der Waals surface area contributed by atoms with E-state index in [4.69, 9.17) is 9.47 Å². The van der Waals surface area contributed by atoms with E-state index in [2.05, 4.69) is 5.32 Å². The molecule has 0 aliphatic heterocycles. The van der Waals surface area contributed by atoms with Crippen molar-refractivity contribution in [1.29, 1.82) is 0 Å². The lowest BCUT2D eigenvalue weighted by atomic mass is 10.0. The van der Waals surface area contributed by atoms with Gasteiger partial charge in [0.1, 0.15) is 5.75 Å². The molecule has 0 heterocycles. The number of hydrogen-bond acceptors (Lipinski definition) is 4. The molecule has 0 atom stereocenters. The third-order valence-corrected chi connectivity index (χ3v) is 4.13. The average molecular weight is 361 g/mol. The number of nitrogens with one attached hydrogen (secondary N) is 1. The minimum atomic E-state index is -0.514. The van der Waals surface area contributed by atoms with E-state index in [1.165, 1.54) is 7.11 Å². The molecule has 27 heavy (non-hydrogen) atoms. The smallest absolute Gasteiger partial charge is 0.339 e. The number of anilines is 1. The van der Waals surface area contributed by atoms with Crippen molar-refractivity contribution in [2.45, 2.75) is 0 Å². The molecule has 1 N–H and O–H groups in total. The van der Waals surface area contributed by atoms with Crippen LogP contribution in [0.2, 0.25) is 0 Å². The molecule has 0 radical (unpaired) electrons. The van der Waals surface area contributed by atoms with Gasteiger partial charge < -0.3 is 14.8 Å². The molecule has 0 fully saturated rings. The monoisotopic (exact) mass is 361 g/mol. The maximum absolute atomic E-state index is 12.6. The summed E-state index contributed by atoms with van der Waals surface area (Å²) in [5.41, 5.74) is 3.00. The summed E-state index contributed by atoms with van der Waals surface area (Å²) in [6.07, 6.45) is 0. The van der Waals surface area contributed by atoms with Crippen LogP contribution in [0.4, 0.5) is 5.69 Å². The van der Waals surface area contributed by atoms with Crippen LogP contribution >= 0.6 is 0 Å². The normalized spacial score (nSPS) is 10.1. The summed E-state index contributed by atoms with van der Waals surface area (Å²) in [5.74, 6) is -0.180. The molecule has 3 aromatic rings. The second-order valence-corrected chi connectivity index (χ2v) is 5.80. The maximum atomic E-state index is 12.6. The molecule has 0 aliphatic rings. The number of amides is 1. The third-order valence-electron chi connectivity index (χ3n) is 4.13. The fourth-order valence-corrected chi connectivity index (χ4v) is 2.68. The predicted octanol–water partition coefficient (Wildman–Crippen LogP) is 4.40. The van der Waals surface area contributed by atoms with Gasteiger partial charge in [0.05, 0.1) is 25.5 Å². The first kappa shape index (κ1) is 18.2. The first-order valence-corrected chi connectivity index (χ1v) is 8.35. The lowest BCUT2D eigenvalue weighted by molar-refractivity contribution is 0.0602. The summed E-state index contributed by atoms with van der Waals surface area (Å²) in [4.78, 5) is 24.7. The van der Waals surface area contributed by atoms with Crippen LogP contribution < -0.4 is 10.1 Å². The molecule has 0 aliphatic carbocycles. The van der Waals surface area contributed by atoms with Gasteiger partial charge in [-0.3, -0.25) is 4.79 Å². The molecule has 3 aromatic carbocycles. The van der Waals surface area contributed by atoms with Crippen LogP contribution in [0.15, 0.2) is 72.8 Å². The predicted molar refractivity (Wildman–Crippen MR) is 104 cm³/mol. The van der Waals surface area contributed by atoms with Crippen molar-refractivity contribution in [2.24, 2.45) is 0 Å². The van der Waals surface area contributed by atoms with Crippen LogP contribution in [0.5, 0.6) is 5.75 Å². The molecule has 0 saturated carbocycles. The molecule has 0 spiro atoms. The summed E-state index contributed by atoms with van der Waals surface area (Å²) in [7, 11) is 2.87. The molecule has 0 unspecified atom stereocenters. The first-order valence-electron chi connectivity index (χ1n) is 8.35. The van der Waals surface area contributed by atoms with Gasteiger partial charge >= 0.3 is 5.97 Å². The van der Waals surface area contributed by atoms with Crippen LogP contribution in [0.3, 0.4) is 0 Å². The van der Waals surface area contributed by atoms with Crippen molar-refractivity contribution in [3.63, 3.8) is 0 Å². The largest absolute Gasteiger partial charge is 0.497 e. The number of carbonyl (C=O) groups is 2. The van der Waals surface area contributed by atoms with Gasteiger partial charge in [-0.25, -0.2) is 4.79 Å². The van der Waals surface area contributed by atoms with E-state index in [0.717, 1.165) is 11.1 Å². The summed E-state index contributed by atoms with van der Waals surface area (Å²) in [6.45, 7) is 0. The molecule has 5 heteroatoms. The van der Waals surface area contributed by atoms with Crippen LogP contribution in [0.25, 0.3) is 11.1 Å². The summed E-state index contributed by atoms with van der Waals surface area (Å²) >= 11 is 0. The average Bonchev–Trinajstić information content (AvgIpc) is 2.73. The fourth-order valence-electron chi connectivity index (χ4n) is 2.68. The number of methoxy groups -OCH3 is 2. The van der Waals surface area contributed by atoms with Crippen molar-refractivity contribution in [1.82, 2.24) is 0 Å². The van der Waals surface area contributed by atoms with Crippen LogP contribution in [0, 0.1) is 0 Å². The van der Waals surface area contributed by atoms with Crippen molar-refractivity contribution < 1.29 is 19.1 Å². The highest BCUT2D eigenvalue weighted by Gasteiger charge is 2.16. The topological polar surface area (TPSA) is 64.6 Å². The molecule has 0 aromatic heterocycles. The number of hydrogen-bond donors (Lipinski definition) is 1. The van der Waals surface area contributed by atoms with Gasteiger partial charge in [0.2, 0.25) is 0 Å². The van der Waals surface area contributed by atoms with Gasteiger partial charge in [-0.05, 0) is 47.5 Å². The van der Waals surface area contributed by atoms with E-state index in [9.17, 15) is 9.59 Å². The number of rotatable bonds is 5. The van der Waals surface area contributed by atoms with Crippen molar-refractivity contribution in [3.05, 3.63) is 83.9 Å². The van der Waals surface area contributed by atoms with Crippen LogP contribution in [-0.4, -0.2) is 26.1 Å². The number of benzene rings is 3. The maximum Gasteiger partial charge on any atom is 0.339 e. The Hall–Kier alpha value is -3.60. The van der Waals surface area contributed by atoms with Gasteiger partial charge in [-0.2, -0.15) is 0 Å². The Morgan fingerprint density at radius 1 is 0.815 bits per heavy atom. The quantitative estimate of drug-likeness (QED) is 0.684. The Labute approximate surface area is 157 Å². The standard InChI is InChI=1S/C22H19NO4/c1-26-18-11-8-16(9-12-18)21(24)23-20-14-17(15-6-4-3-5-7-15)10-13-19(20)22(25)27-2/h3-14H,1-2H3,(H,23,24). The lowest BCUT2D eigenvalue weighted by Gasteiger charge is -2.12. The van der Waals surface area contributed by atoms with E-state index in [1.54, 1.807) is 43.5 Å². The second-order valence-electron chi connectivity index (χ2n) is 5.80. The van der Waals surface area contributed by atoms with Gasteiger partial charge in [0, 0.05) is 5.56 Å². The molecule has 136 valence electrons. The Balaban J connectivity index is 1.95. The number of esters is 1. The van der Waals surface area contributed by atoms with E-state index < -0.39 is 5.97 Å². The van der Waals surface area contributed by atoms with E-state index in [1.807, 2.05) is 36.4 Å². The molecule has 0 saturated heterocycles. The zero-order chi connectivity index (χ0) is 19.2. The zero-order valence-electron chi connectivity index (χ0n) is 15.1. The number of carbonyl (C=O) groups excluding carboxylic acids is 2. The molecule has 0 bridgehead atoms. The molecule has 5 nitrogen and oxygen atoms in total. The van der Waals surface area contributed by atoms with Crippen molar-refractivity contribution >= 4 is 17.6 Å². The zero-order valence-corrected chi connectivity index (χ0v) is 15.1. The Bertz CT molecular complexity index is 950. The second kappa shape index (κ2) is 8.19.